The maximum absolute atomic E-state index is 11.6. The van der Waals surface area contributed by atoms with Crippen LogP contribution < -0.4 is 11.1 Å². The molecule has 0 spiro atoms. The number of methoxy groups -OCH3 is 2. The minimum Gasteiger partial charge on any atom is -0.444 e. The van der Waals surface area contributed by atoms with Gasteiger partial charge in [0, 0.05) is 45.6 Å². The summed E-state index contributed by atoms with van der Waals surface area (Å²) in [6, 6.07) is 0. The van der Waals surface area contributed by atoms with Gasteiger partial charge in [-0.2, -0.15) is 0 Å². The van der Waals surface area contributed by atoms with Crippen LogP contribution >= 0.6 is 0 Å². The highest BCUT2D eigenvalue weighted by molar-refractivity contribution is 5.67. The molecule has 0 unspecified atom stereocenters. The number of hydrogen-bond acceptors (Lipinski definition) is 5. The van der Waals surface area contributed by atoms with Crippen LogP contribution in [-0.2, 0) is 14.2 Å². The molecule has 1 amide bonds. The fraction of sp³-hybridized carbons (Fsp3) is 0.923. The van der Waals surface area contributed by atoms with E-state index in [4.69, 9.17) is 19.9 Å². The molecule has 0 aromatic carbocycles. The Labute approximate surface area is 115 Å². The van der Waals surface area contributed by atoms with Crippen molar-refractivity contribution >= 4 is 6.09 Å². The Morgan fingerprint density at radius 2 is 1.79 bits per heavy atom. The van der Waals surface area contributed by atoms with Gasteiger partial charge in [0.25, 0.3) is 0 Å². The summed E-state index contributed by atoms with van der Waals surface area (Å²) in [5.74, 6) is -0.561. The Balaban J connectivity index is 2.46. The van der Waals surface area contributed by atoms with Gasteiger partial charge in [-0.05, 0) is 20.8 Å². The molecular weight excluding hydrogens is 248 g/mol. The maximum Gasteiger partial charge on any atom is 0.407 e. The predicted molar refractivity (Wildman–Crippen MR) is 71.7 cm³/mol. The third-order valence-electron chi connectivity index (χ3n) is 3.47. The molecule has 1 rings (SSSR count). The second-order valence-electron chi connectivity index (χ2n) is 6.23. The molecule has 0 heterocycles. The zero-order valence-corrected chi connectivity index (χ0v) is 12.5. The first-order valence-corrected chi connectivity index (χ1v) is 6.47. The van der Waals surface area contributed by atoms with E-state index in [1.54, 1.807) is 14.2 Å². The lowest BCUT2D eigenvalue weighted by molar-refractivity contribution is -0.293. The van der Waals surface area contributed by atoms with E-state index in [-0.39, 0.29) is 5.41 Å². The summed E-state index contributed by atoms with van der Waals surface area (Å²) in [6.45, 7) is 6.42. The minimum atomic E-state index is -0.561. The van der Waals surface area contributed by atoms with E-state index in [0.29, 0.717) is 25.9 Å². The summed E-state index contributed by atoms with van der Waals surface area (Å²) < 4.78 is 15.9. The van der Waals surface area contributed by atoms with Crippen LogP contribution in [0.5, 0.6) is 0 Å². The van der Waals surface area contributed by atoms with Crippen LogP contribution in [0, 0.1) is 5.41 Å². The third kappa shape index (κ3) is 4.06. The van der Waals surface area contributed by atoms with Crippen LogP contribution in [0.1, 0.15) is 33.6 Å². The van der Waals surface area contributed by atoms with Crippen LogP contribution in [0.3, 0.4) is 0 Å². The molecule has 6 nitrogen and oxygen atoms in total. The van der Waals surface area contributed by atoms with Gasteiger partial charge in [-0.25, -0.2) is 4.79 Å². The van der Waals surface area contributed by atoms with E-state index in [0.717, 1.165) is 0 Å². The zero-order chi connectivity index (χ0) is 14.7. The monoisotopic (exact) mass is 274 g/mol. The number of carbonyl (C=O) groups is 1. The third-order valence-corrected chi connectivity index (χ3v) is 3.47. The molecule has 0 radical (unpaired) electrons. The molecule has 0 saturated heterocycles. The topological polar surface area (TPSA) is 82.8 Å². The van der Waals surface area contributed by atoms with Crippen LogP contribution in [-0.4, -0.2) is 44.8 Å². The quantitative estimate of drug-likeness (QED) is 0.737. The van der Waals surface area contributed by atoms with Gasteiger partial charge >= 0.3 is 6.09 Å². The average Bonchev–Trinajstić information content (AvgIpc) is 2.27. The van der Waals surface area contributed by atoms with Crippen LogP contribution in [0.2, 0.25) is 0 Å². The van der Waals surface area contributed by atoms with Crippen molar-refractivity contribution in [3.05, 3.63) is 0 Å². The van der Waals surface area contributed by atoms with E-state index >= 15 is 0 Å². The van der Waals surface area contributed by atoms with Gasteiger partial charge < -0.3 is 25.3 Å². The van der Waals surface area contributed by atoms with Gasteiger partial charge in [-0.3, -0.25) is 0 Å². The first-order valence-electron chi connectivity index (χ1n) is 6.47. The molecule has 0 bridgehead atoms. The molecule has 0 aliphatic heterocycles. The van der Waals surface area contributed by atoms with Gasteiger partial charge in [0.05, 0.1) is 0 Å². The lowest BCUT2D eigenvalue weighted by Crippen LogP contribution is -2.61. The second kappa shape index (κ2) is 5.64. The Morgan fingerprint density at radius 1 is 1.26 bits per heavy atom. The van der Waals surface area contributed by atoms with Crippen molar-refractivity contribution in [3.8, 4) is 0 Å². The highest BCUT2D eigenvalue weighted by atomic mass is 16.7. The van der Waals surface area contributed by atoms with Crippen LogP contribution in [0.4, 0.5) is 4.79 Å². The highest BCUT2D eigenvalue weighted by Crippen LogP contribution is 2.49. The number of nitrogens with two attached hydrogens (primary N) is 1. The summed E-state index contributed by atoms with van der Waals surface area (Å²) in [7, 11) is 3.23. The van der Waals surface area contributed by atoms with Gasteiger partial charge in [-0.15, -0.1) is 0 Å². The molecule has 1 saturated carbocycles. The second-order valence-corrected chi connectivity index (χ2v) is 6.23. The first-order chi connectivity index (χ1) is 8.70. The molecule has 0 atom stereocenters. The fourth-order valence-electron chi connectivity index (χ4n) is 2.38. The molecule has 1 fully saturated rings. The predicted octanol–water partition coefficient (Wildman–Crippen LogP) is 1.24. The Hall–Kier alpha value is -0.850. The summed E-state index contributed by atoms with van der Waals surface area (Å²) in [5, 5.41) is 2.77. The smallest absolute Gasteiger partial charge is 0.407 e. The normalized spacial score (nSPS) is 20.5. The van der Waals surface area contributed by atoms with E-state index in [9.17, 15) is 4.79 Å². The minimum absolute atomic E-state index is 0.178. The SMILES string of the molecule is COC1(OC)CC(CN)(CNC(=O)OC(C)(C)C)C1. The largest absolute Gasteiger partial charge is 0.444 e. The molecule has 0 aromatic heterocycles. The number of hydrogen-bond donors (Lipinski definition) is 2. The van der Waals surface area contributed by atoms with Crippen molar-refractivity contribution in [2.24, 2.45) is 11.1 Å². The molecule has 1 aliphatic carbocycles. The van der Waals surface area contributed by atoms with Crippen molar-refractivity contribution in [1.29, 1.82) is 0 Å². The Kier molecular flexibility index (Phi) is 4.81. The standard InChI is InChI=1S/C13H26N2O4/c1-11(2,3)19-10(16)15-9-12(8-14)6-13(7-12,17-4)18-5/h6-9,14H2,1-5H3,(H,15,16). The maximum atomic E-state index is 11.6. The number of amides is 1. The number of rotatable bonds is 5. The van der Waals surface area contributed by atoms with E-state index < -0.39 is 17.5 Å². The summed E-state index contributed by atoms with van der Waals surface area (Å²) in [4.78, 5) is 11.6. The molecule has 112 valence electrons. The highest BCUT2D eigenvalue weighted by Gasteiger charge is 2.55. The molecule has 19 heavy (non-hydrogen) atoms. The van der Waals surface area contributed by atoms with Gasteiger partial charge in [0.15, 0.2) is 5.79 Å². The van der Waals surface area contributed by atoms with Crippen molar-refractivity contribution in [3.63, 3.8) is 0 Å². The van der Waals surface area contributed by atoms with Crippen LogP contribution in [0.15, 0.2) is 0 Å². The fourth-order valence-corrected chi connectivity index (χ4v) is 2.38. The Bertz CT molecular complexity index is 313. The zero-order valence-electron chi connectivity index (χ0n) is 12.5. The van der Waals surface area contributed by atoms with Gasteiger partial charge in [0.2, 0.25) is 0 Å². The van der Waals surface area contributed by atoms with Crippen molar-refractivity contribution < 1.29 is 19.0 Å². The Morgan fingerprint density at radius 3 is 2.16 bits per heavy atom. The van der Waals surface area contributed by atoms with E-state index in [1.165, 1.54) is 0 Å². The molecule has 1 aliphatic rings. The van der Waals surface area contributed by atoms with E-state index in [2.05, 4.69) is 5.32 Å². The number of alkyl carbamates (subject to hydrolysis) is 1. The molecular formula is C13H26N2O4. The van der Waals surface area contributed by atoms with Gasteiger partial charge in [0.1, 0.15) is 5.60 Å². The number of nitrogens with one attached hydrogen (secondary N) is 1. The van der Waals surface area contributed by atoms with Crippen molar-refractivity contribution in [2.45, 2.75) is 45.0 Å². The molecule has 0 aromatic rings. The number of carbonyl (C=O) groups excluding carboxylic acids is 1. The van der Waals surface area contributed by atoms with Crippen molar-refractivity contribution in [2.75, 3.05) is 27.3 Å². The molecule has 6 heteroatoms. The lowest BCUT2D eigenvalue weighted by Gasteiger charge is -2.53. The van der Waals surface area contributed by atoms with Gasteiger partial charge in [-0.1, -0.05) is 0 Å². The van der Waals surface area contributed by atoms with E-state index in [1.807, 2.05) is 20.8 Å². The summed E-state index contributed by atoms with van der Waals surface area (Å²) >= 11 is 0. The average molecular weight is 274 g/mol. The lowest BCUT2D eigenvalue weighted by atomic mass is 9.64. The summed E-state index contributed by atoms with van der Waals surface area (Å²) in [5.41, 5.74) is 5.13. The van der Waals surface area contributed by atoms with Crippen LogP contribution in [0.25, 0.3) is 0 Å². The first kappa shape index (κ1) is 16.2. The summed E-state index contributed by atoms with van der Waals surface area (Å²) in [6.07, 6.45) is 0.908. The number of ether oxygens (including phenoxy) is 3. The molecule has 3 N–H and O–H groups in total. The van der Waals surface area contributed by atoms with Crippen molar-refractivity contribution in [1.82, 2.24) is 5.32 Å².